The summed E-state index contributed by atoms with van der Waals surface area (Å²) in [6, 6.07) is 0.115. The first-order valence-electron chi connectivity index (χ1n) is 6.28. The molecule has 0 aromatic heterocycles. The zero-order chi connectivity index (χ0) is 12.0. The summed E-state index contributed by atoms with van der Waals surface area (Å²) < 4.78 is 0. The van der Waals surface area contributed by atoms with Crippen molar-refractivity contribution >= 4 is 0 Å². The van der Waals surface area contributed by atoms with Gasteiger partial charge in [0.1, 0.15) is 0 Å². The highest BCUT2D eigenvalue weighted by molar-refractivity contribution is 4.75. The van der Waals surface area contributed by atoms with Crippen molar-refractivity contribution in [2.24, 2.45) is 5.92 Å². The minimum absolute atomic E-state index is 0.115. The summed E-state index contributed by atoms with van der Waals surface area (Å²) in [5, 5.41) is 18.1. The maximum absolute atomic E-state index is 9.20. The normalized spacial score (nSPS) is 24.2. The van der Waals surface area contributed by atoms with E-state index in [1.807, 2.05) is 7.05 Å². The highest BCUT2D eigenvalue weighted by atomic mass is 16.3. The maximum Gasteiger partial charge on any atom is 0.0587 e. The lowest BCUT2D eigenvalue weighted by atomic mass is 10.0. The molecule has 1 rings (SSSR count). The Morgan fingerprint density at radius 3 is 2.69 bits per heavy atom. The number of nitrogens with zero attached hydrogens (tertiary/aromatic N) is 2. The molecule has 4 heteroatoms. The molecule has 1 fully saturated rings. The van der Waals surface area contributed by atoms with Crippen LogP contribution in [0.2, 0.25) is 0 Å². The fourth-order valence-corrected chi connectivity index (χ4v) is 2.43. The molecule has 0 aliphatic carbocycles. The van der Waals surface area contributed by atoms with Crippen LogP contribution in [0.3, 0.4) is 0 Å². The first kappa shape index (κ1) is 13.9. The van der Waals surface area contributed by atoms with Crippen LogP contribution in [0.25, 0.3) is 0 Å². The van der Waals surface area contributed by atoms with E-state index in [0.29, 0.717) is 6.42 Å². The SMILES string of the molecule is CN1CCC(CCN(C)C(CO)CCO)C1. The van der Waals surface area contributed by atoms with Gasteiger partial charge >= 0.3 is 0 Å². The van der Waals surface area contributed by atoms with Crippen molar-refractivity contribution in [1.82, 2.24) is 9.80 Å². The van der Waals surface area contributed by atoms with Crippen LogP contribution in [0.1, 0.15) is 19.3 Å². The molecule has 96 valence electrons. The van der Waals surface area contributed by atoms with Crippen molar-refractivity contribution < 1.29 is 10.2 Å². The number of aliphatic hydroxyl groups is 2. The molecule has 0 aromatic carbocycles. The van der Waals surface area contributed by atoms with Crippen LogP contribution in [0.5, 0.6) is 0 Å². The van der Waals surface area contributed by atoms with Gasteiger partial charge in [-0.3, -0.25) is 0 Å². The lowest BCUT2D eigenvalue weighted by Gasteiger charge is -2.26. The second kappa shape index (κ2) is 7.22. The first-order valence-corrected chi connectivity index (χ1v) is 6.28. The third-order valence-corrected chi connectivity index (χ3v) is 3.68. The molecular formula is C12H26N2O2. The molecule has 2 N–H and O–H groups in total. The van der Waals surface area contributed by atoms with E-state index in [0.717, 1.165) is 12.5 Å². The Bertz CT molecular complexity index is 190. The second-order valence-corrected chi connectivity index (χ2v) is 5.03. The maximum atomic E-state index is 9.20. The standard InChI is InChI=1S/C12H26N2O2/c1-13-6-3-11(9-13)4-7-14(2)12(10-16)5-8-15/h11-12,15-16H,3-10H2,1-2H3. The third kappa shape index (κ3) is 4.37. The number of hydrogen-bond donors (Lipinski definition) is 2. The van der Waals surface area contributed by atoms with Gasteiger partial charge in [0.2, 0.25) is 0 Å². The van der Waals surface area contributed by atoms with Crippen LogP contribution in [0.4, 0.5) is 0 Å². The van der Waals surface area contributed by atoms with Crippen molar-refractivity contribution in [3.63, 3.8) is 0 Å². The molecular weight excluding hydrogens is 204 g/mol. The van der Waals surface area contributed by atoms with Gasteiger partial charge in [0.15, 0.2) is 0 Å². The monoisotopic (exact) mass is 230 g/mol. The molecule has 1 saturated heterocycles. The van der Waals surface area contributed by atoms with Crippen LogP contribution in [0.15, 0.2) is 0 Å². The van der Waals surface area contributed by atoms with E-state index in [4.69, 9.17) is 5.11 Å². The van der Waals surface area contributed by atoms with E-state index in [9.17, 15) is 5.11 Å². The Kier molecular flexibility index (Phi) is 6.28. The Morgan fingerprint density at radius 1 is 1.44 bits per heavy atom. The minimum atomic E-state index is 0.115. The van der Waals surface area contributed by atoms with Crippen LogP contribution in [0, 0.1) is 5.92 Å². The highest BCUT2D eigenvalue weighted by Crippen LogP contribution is 2.18. The van der Waals surface area contributed by atoms with Gasteiger partial charge < -0.3 is 20.0 Å². The van der Waals surface area contributed by atoms with E-state index in [2.05, 4.69) is 16.8 Å². The zero-order valence-corrected chi connectivity index (χ0v) is 10.6. The molecule has 0 saturated carbocycles. The molecule has 0 radical (unpaired) electrons. The number of likely N-dealkylation sites (N-methyl/N-ethyl adjacent to an activating group) is 1. The van der Waals surface area contributed by atoms with Gasteiger partial charge in [0.05, 0.1) is 6.61 Å². The fourth-order valence-electron chi connectivity index (χ4n) is 2.43. The molecule has 1 aliphatic rings. The van der Waals surface area contributed by atoms with Crippen LogP contribution >= 0.6 is 0 Å². The van der Waals surface area contributed by atoms with Gasteiger partial charge in [-0.1, -0.05) is 0 Å². The minimum Gasteiger partial charge on any atom is -0.396 e. The molecule has 0 spiro atoms. The Morgan fingerprint density at radius 2 is 2.19 bits per heavy atom. The summed E-state index contributed by atoms with van der Waals surface area (Å²) in [5.74, 6) is 0.806. The number of aliphatic hydroxyl groups excluding tert-OH is 2. The summed E-state index contributed by atoms with van der Waals surface area (Å²) in [7, 11) is 4.21. The van der Waals surface area contributed by atoms with Gasteiger partial charge in [0, 0.05) is 19.2 Å². The summed E-state index contributed by atoms with van der Waals surface area (Å²) in [4.78, 5) is 4.55. The van der Waals surface area contributed by atoms with Crippen molar-refractivity contribution in [2.75, 3.05) is 46.9 Å². The van der Waals surface area contributed by atoms with Crippen molar-refractivity contribution in [2.45, 2.75) is 25.3 Å². The quantitative estimate of drug-likeness (QED) is 0.646. The predicted octanol–water partition coefficient (Wildman–Crippen LogP) is 0.00330. The van der Waals surface area contributed by atoms with Crippen LogP contribution < -0.4 is 0 Å². The predicted molar refractivity (Wildman–Crippen MR) is 65.4 cm³/mol. The van der Waals surface area contributed by atoms with Gasteiger partial charge in [-0.05, 0) is 52.4 Å². The third-order valence-electron chi connectivity index (χ3n) is 3.68. The molecule has 0 bridgehead atoms. The first-order chi connectivity index (χ1) is 7.67. The Labute approximate surface area is 98.9 Å². The smallest absolute Gasteiger partial charge is 0.0587 e. The Balaban J connectivity index is 2.20. The molecule has 1 heterocycles. The molecule has 4 nitrogen and oxygen atoms in total. The molecule has 2 unspecified atom stereocenters. The molecule has 0 amide bonds. The summed E-state index contributed by atoms with van der Waals surface area (Å²) >= 11 is 0. The van der Waals surface area contributed by atoms with E-state index >= 15 is 0 Å². The number of rotatable bonds is 7. The zero-order valence-electron chi connectivity index (χ0n) is 10.6. The molecule has 16 heavy (non-hydrogen) atoms. The van der Waals surface area contributed by atoms with Crippen molar-refractivity contribution in [1.29, 1.82) is 0 Å². The summed E-state index contributed by atoms with van der Waals surface area (Å²) in [5.41, 5.74) is 0. The number of likely N-dealkylation sites (tertiary alicyclic amines) is 1. The molecule has 0 aromatic rings. The average Bonchev–Trinajstić information content (AvgIpc) is 2.68. The van der Waals surface area contributed by atoms with Crippen molar-refractivity contribution in [3.05, 3.63) is 0 Å². The molecule has 1 aliphatic heterocycles. The largest absolute Gasteiger partial charge is 0.396 e. The van der Waals surface area contributed by atoms with Crippen molar-refractivity contribution in [3.8, 4) is 0 Å². The average molecular weight is 230 g/mol. The highest BCUT2D eigenvalue weighted by Gasteiger charge is 2.21. The van der Waals surface area contributed by atoms with Gasteiger partial charge in [-0.2, -0.15) is 0 Å². The lowest BCUT2D eigenvalue weighted by Crippen LogP contribution is -2.37. The molecule has 2 atom stereocenters. The summed E-state index contributed by atoms with van der Waals surface area (Å²) in [6.45, 7) is 3.74. The van der Waals surface area contributed by atoms with Crippen LogP contribution in [-0.4, -0.2) is 73.0 Å². The Hall–Kier alpha value is -0.160. The fraction of sp³-hybridized carbons (Fsp3) is 1.00. The lowest BCUT2D eigenvalue weighted by molar-refractivity contribution is 0.115. The van der Waals surface area contributed by atoms with E-state index in [1.54, 1.807) is 0 Å². The van der Waals surface area contributed by atoms with Gasteiger partial charge in [-0.15, -0.1) is 0 Å². The topological polar surface area (TPSA) is 46.9 Å². The van der Waals surface area contributed by atoms with Gasteiger partial charge in [0.25, 0.3) is 0 Å². The van der Waals surface area contributed by atoms with E-state index in [-0.39, 0.29) is 19.3 Å². The van der Waals surface area contributed by atoms with E-state index in [1.165, 1.54) is 25.9 Å². The van der Waals surface area contributed by atoms with Gasteiger partial charge in [-0.25, -0.2) is 0 Å². The second-order valence-electron chi connectivity index (χ2n) is 5.03. The van der Waals surface area contributed by atoms with E-state index < -0.39 is 0 Å². The van der Waals surface area contributed by atoms with Crippen LogP contribution in [-0.2, 0) is 0 Å². The summed E-state index contributed by atoms with van der Waals surface area (Å²) in [6.07, 6.45) is 3.16. The number of hydrogen-bond acceptors (Lipinski definition) is 4.